The second-order valence-corrected chi connectivity index (χ2v) is 8.58. The fraction of sp³-hybridized carbons (Fsp3) is 0.115. The van der Waals surface area contributed by atoms with E-state index in [2.05, 4.69) is 10.5 Å². The largest absolute Gasteiger partial charge is 0.497 e. The second kappa shape index (κ2) is 9.29. The van der Waals surface area contributed by atoms with E-state index in [4.69, 9.17) is 38.1 Å². The third-order valence-electron chi connectivity index (χ3n) is 5.69. The maximum Gasteiger partial charge on any atom is 0.258 e. The number of anilines is 1. The number of nitrogens with one attached hydrogen (secondary N) is 1. The van der Waals surface area contributed by atoms with E-state index in [1.54, 1.807) is 7.11 Å². The molecule has 1 N–H and O–H groups in total. The molecule has 0 fully saturated rings. The molecular formula is C26H21ClN4O2S. The molecule has 1 aliphatic heterocycles. The summed E-state index contributed by atoms with van der Waals surface area (Å²) in [5.41, 5.74) is 4.43. The third kappa shape index (κ3) is 4.16. The Labute approximate surface area is 207 Å². The molecule has 1 aliphatic rings. The van der Waals surface area contributed by atoms with E-state index in [1.165, 1.54) is 0 Å². The van der Waals surface area contributed by atoms with Crippen LogP contribution in [0.4, 0.5) is 5.69 Å². The van der Waals surface area contributed by atoms with Gasteiger partial charge in [-0.05, 0) is 73.2 Å². The highest BCUT2D eigenvalue weighted by atomic mass is 35.5. The Morgan fingerprint density at radius 2 is 1.79 bits per heavy atom. The van der Waals surface area contributed by atoms with Gasteiger partial charge in [-0.3, -0.25) is 4.90 Å². The molecule has 0 saturated heterocycles. The summed E-state index contributed by atoms with van der Waals surface area (Å²) in [6.45, 7) is 2.00. The number of hydrogen-bond donors (Lipinski definition) is 1. The van der Waals surface area contributed by atoms with Gasteiger partial charge in [-0.25, -0.2) is 0 Å². The first-order valence-electron chi connectivity index (χ1n) is 10.7. The Kier molecular flexibility index (Phi) is 6.04. The average Bonchev–Trinajstić information content (AvgIpc) is 3.34. The first kappa shape index (κ1) is 22.1. The van der Waals surface area contributed by atoms with E-state index in [9.17, 15) is 0 Å². The quantitative estimate of drug-likeness (QED) is 0.332. The number of aromatic nitrogens is 2. The Balaban J connectivity index is 1.63. The number of halogens is 1. The van der Waals surface area contributed by atoms with E-state index >= 15 is 0 Å². The third-order valence-corrected chi connectivity index (χ3v) is 6.22. The molecule has 1 aromatic heterocycles. The average molecular weight is 489 g/mol. The fourth-order valence-electron chi connectivity index (χ4n) is 4.03. The smallest absolute Gasteiger partial charge is 0.258 e. The molecule has 4 aromatic rings. The molecule has 0 radical (unpaired) electrons. The van der Waals surface area contributed by atoms with E-state index in [1.807, 2.05) is 90.7 Å². The van der Waals surface area contributed by atoms with Gasteiger partial charge in [-0.15, -0.1) is 0 Å². The minimum absolute atomic E-state index is 0.310. The van der Waals surface area contributed by atoms with Gasteiger partial charge < -0.3 is 14.6 Å². The molecule has 170 valence electrons. The van der Waals surface area contributed by atoms with Gasteiger partial charge in [0.2, 0.25) is 5.82 Å². The zero-order valence-electron chi connectivity index (χ0n) is 18.5. The molecule has 8 heteroatoms. The Morgan fingerprint density at radius 1 is 1.03 bits per heavy atom. The van der Waals surface area contributed by atoms with Crippen LogP contribution in [0.1, 0.15) is 24.4 Å². The predicted molar refractivity (Wildman–Crippen MR) is 138 cm³/mol. The summed E-state index contributed by atoms with van der Waals surface area (Å²) in [6, 6.07) is 24.8. The number of hydrogen-bond acceptors (Lipinski definition) is 5. The molecule has 3 aromatic carbocycles. The van der Waals surface area contributed by atoms with Crippen molar-refractivity contribution in [1.82, 2.24) is 15.5 Å². The Bertz CT molecular complexity index is 1370. The number of rotatable bonds is 5. The Hall–Kier alpha value is -3.68. The number of allylic oxidation sites excluding steroid dienone is 1. The van der Waals surface area contributed by atoms with Gasteiger partial charge in [0.1, 0.15) is 5.75 Å². The van der Waals surface area contributed by atoms with Gasteiger partial charge in [0.05, 0.1) is 18.7 Å². The molecule has 0 amide bonds. The van der Waals surface area contributed by atoms with E-state index < -0.39 is 0 Å². The number of benzene rings is 3. The van der Waals surface area contributed by atoms with E-state index in [0.29, 0.717) is 21.9 Å². The molecule has 2 heterocycles. The number of thiocarbonyl (C=S) groups is 1. The SMILES string of the molecule is COc1ccc(-c2noc(C3=C(C)N(c4ccccc4)C(=S)NC3c3cccc(Cl)c3)n2)cc1. The monoisotopic (exact) mass is 488 g/mol. The lowest BCUT2D eigenvalue weighted by Crippen LogP contribution is -2.46. The van der Waals surface area contributed by atoms with Crippen molar-refractivity contribution in [2.75, 3.05) is 12.0 Å². The lowest BCUT2D eigenvalue weighted by molar-refractivity contribution is 0.404. The molecule has 1 atom stereocenters. The second-order valence-electron chi connectivity index (χ2n) is 7.76. The highest BCUT2D eigenvalue weighted by Gasteiger charge is 2.34. The summed E-state index contributed by atoms with van der Waals surface area (Å²) in [4.78, 5) is 6.72. The van der Waals surface area contributed by atoms with Crippen LogP contribution in [0.15, 0.2) is 89.1 Å². The fourth-order valence-corrected chi connectivity index (χ4v) is 4.59. The first-order chi connectivity index (χ1) is 16.5. The standard InChI is InChI=1S/C26H21ClN4O2S/c1-16-22(25-29-24(30-33-25)17-11-13-21(32-2)14-12-17)23(18-7-6-8-19(27)15-18)28-26(34)31(16)20-9-4-3-5-10-20/h3-15,23H,1-2H3,(H,28,34). The van der Waals surface area contributed by atoms with Crippen molar-refractivity contribution in [3.05, 3.63) is 101 Å². The zero-order chi connectivity index (χ0) is 23.7. The maximum absolute atomic E-state index is 6.32. The zero-order valence-corrected chi connectivity index (χ0v) is 20.1. The van der Waals surface area contributed by atoms with Gasteiger partial charge in [0.15, 0.2) is 5.11 Å². The summed E-state index contributed by atoms with van der Waals surface area (Å²) in [5.74, 6) is 1.65. The van der Waals surface area contributed by atoms with Crippen LogP contribution in [0.3, 0.4) is 0 Å². The number of nitrogens with zero attached hydrogens (tertiary/aromatic N) is 3. The molecule has 0 spiro atoms. The molecule has 5 rings (SSSR count). The summed E-state index contributed by atoms with van der Waals surface area (Å²) in [7, 11) is 1.63. The van der Waals surface area contributed by atoms with Crippen LogP contribution in [-0.4, -0.2) is 22.4 Å². The molecule has 0 bridgehead atoms. The van der Waals surface area contributed by atoms with Gasteiger partial charge in [0.25, 0.3) is 5.89 Å². The van der Waals surface area contributed by atoms with Crippen molar-refractivity contribution in [2.24, 2.45) is 0 Å². The van der Waals surface area contributed by atoms with E-state index in [-0.39, 0.29) is 6.04 Å². The summed E-state index contributed by atoms with van der Waals surface area (Å²) in [6.07, 6.45) is 0. The molecule has 34 heavy (non-hydrogen) atoms. The van der Waals surface area contributed by atoms with Crippen molar-refractivity contribution in [3.63, 3.8) is 0 Å². The highest BCUT2D eigenvalue weighted by molar-refractivity contribution is 7.80. The van der Waals surface area contributed by atoms with Crippen molar-refractivity contribution >= 4 is 40.2 Å². The van der Waals surface area contributed by atoms with Crippen LogP contribution in [0.2, 0.25) is 5.02 Å². The van der Waals surface area contributed by atoms with Crippen LogP contribution in [0, 0.1) is 0 Å². The van der Waals surface area contributed by atoms with Crippen molar-refractivity contribution in [2.45, 2.75) is 13.0 Å². The van der Waals surface area contributed by atoms with Crippen LogP contribution in [0.5, 0.6) is 5.75 Å². The Morgan fingerprint density at radius 3 is 2.50 bits per heavy atom. The van der Waals surface area contributed by atoms with Crippen LogP contribution in [-0.2, 0) is 0 Å². The van der Waals surface area contributed by atoms with Gasteiger partial charge in [0, 0.05) is 22.0 Å². The number of ether oxygens (including phenoxy) is 1. The van der Waals surface area contributed by atoms with Gasteiger partial charge >= 0.3 is 0 Å². The normalized spacial score (nSPS) is 15.9. The van der Waals surface area contributed by atoms with Crippen LogP contribution < -0.4 is 15.0 Å². The van der Waals surface area contributed by atoms with Crippen molar-refractivity contribution in [1.29, 1.82) is 0 Å². The lowest BCUT2D eigenvalue weighted by atomic mass is 9.94. The van der Waals surface area contributed by atoms with Gasteiger partial charge in [-0.2, -0.15) is 4.98 Å². The molecular weight excluding hydrogens is 468 g/mol. The minimum atomic E-state index is -0.310. The molecule has 6 nitrogen and oxygen atoms in total. The molecule has 0 aliphatic carbocycles. The topological polar surface area (TPSA) is 63.4 Å². The molecule has 0 saturated carbocycles. The number of methoxy groups -OCH3 is 1. The summed E-state index contributed by atoms with van der Waals surface area (Å²) < 4.78 is 11.0. The minimum Gasteiger partial charge on any atom is -0.497 e. The first-order valence-corrected chi connectivity index (χ1v) is 11.4. The van der Waals surface area contributed by atoms with Gasteiger partial charge in [-0.1, -0.05) is 47.1 Å². The van der Waals surface area contributed by atoms with E-state index in [0.717, 1.165) is 33.8 Å². The van der Waals surface area contributed by atoms with Crippen molar-refractivity contribution < 1.29 is 9.26 Å². The highest BCUT2D eigenvalue weighted by Crippen LogP contribution is 2.39. The van der Waals surface area contributed by atoms with Crippen LogP contribution in [0.25, 0.3) is 17.0 Å². The maximum atomic E-state index is 6.32. The lowest BCUT2D eigenvalue weighted by Gasteiger charge is -2.37. The van der Waals surface area contributed by atoms with Crippen LogP contribution >= 0.6 is 23.8 Å². The summed E-state index contributed by atoms with van der Waals surface area (Å²) in [5, 5.41) is 8.91. The summed E-state index contributed by atoms with van der Waals surface area (Å²) >= 11 is 12.1. The number of para-hydroxylation sites is 1. The molecule has 1 unspecified atom stereocenters. The van der Waals surface area contributed by atoms with Crippen molar-refractivity contribution in [3.8, 4) is 17.1 Å². The predicted octanol–water partition coefficient (Wildman–Crippen LogP) is 6.27.